The maximum atomic E-state index is 12.5. The Morgan fingerprint density at radius 3 is 2.21 bits per heavy atom. The van der Waals surface area contributed by atoms with Crippen LogP contribution in [0.3, 0.4) is 0 Å². The van der Waals surface area contributed by atoms with E-state index < -0.39 is 6.29 Å². The highest BCUT2D eigenvalue weighted by Gasteiger charge is 2.34. The number of hydrogen-bond donors (Lipinski definition) is 3. The highest BCUT2D eigenvalue weighted by atomic mass is 16.7. The van der Waals surface area contributed by atoms with Gasteiger partial charge in [0.1, 0.15) is 0 Å². The summed E-state index contributed by atoms with van der Waals surface area (Å²) in [6.45, 7) is 6.63. The standard InChI is InChI=1S/C41H47N3O4/c1-2-22-44(37-16-6-7-17-37)28-38-25-39(33-20-18-31(29-45)19-21-33)48-40(47-38)36-15-9-14-35(24-36)34-13-8-12-32(23-34)27-43-41(46)42-26-30-10-4-3-5-11-30/h2-5,8-15,18-21,23-24,37-40,45H,1,6-7,16-17,22,25-29H2,(H2,42,43,46). The number of aliphatic hydroxyl groups excluding tert-OH is 1. The first-order valence-electron chi connectivity index (χ1n) is 17.2. The molecular formula is C41H47N3O4. The van der Waals surface area contributed by atoms with Crippen molar-refractivity contribution < 1.29 is 19.4 Å². The minimum absolute atomic E-state index is 0.0158. The predicted molar refractivity (Wildman–Crippen MR) is 190 cm³/mol. The molecule has 3 atom stereocenters. The van der Waals surface area contributed by atoms with E-state index in [0.717, 1.165) is 58.5 Å². The maximum Gasteiger partial charge on any atom is 0.315 e. The number of carbonyl (C=O) groups is 1. The lowest BCUT2D eigenvalue weighted by Crippen LogP contribution is -2.43. The van der Waals surface area contributed by atoms with E-state index in [1.54, 1.807) is 0 Å². The van der Waals surface area contributed by atoms with E-state index in [4.69, 9.17) is 9.47 Å². The summed E-state index contributed by atoms with van der Waals surface area (Å²) in [7, 11) is 0. The number of ether oxygens (including phenoxy) is 2. The Morgan fingerprint density at radius 2 is 1.48 bits per heavy atom. The Labute approximate surface area is 284 Å². The molecule has 6 rings (SSSR count). The summed E-state index contributed by atoms with van der Waals surface area (Å²) in [5.41, 5.74) is 7.12. The summed E-state index contributed by atoms with van der Waals surface area (Å²) in [5, 5.41) is 15.5. The van der Waals surface area contributed by atoms with Crippen LogP contribution in [0.2, 0.25) is 0 Å². The minimum Gasteiger partial charge on any atom is -0.392 e. The Morgan fingerprint density at radius 1 is 0.792 bits per heavy atom. The van der Waals surface area contributed by atoms with Gasteiger partial charge in [0, 0.05) is 44.2 Å². The molecule has 2 aliphatic rings. The van der Waals surface area contributed by atoms with Crippen molar-refractivity contribution in [3.05, 3.63) is 144 Å². The predicted octanol–water partition coefficient (Wildman–Crippen LogP) is 7.82. The van der Waals surface area contributed by atoms with Crippen LogP contribution in [0.5, 0.6) is 0 Å². The van der Waals surface area contributed by atoms with E-state index in [1.165, 1.54) is 25.7 Å². The number of benzene rings is 4. The van der Waals surface area contributed by atoms with Gasteiger partial charge in [0.25, 0.3) is 0 Å². The van der Waals surface area contributed by atoms with Gasteiger partial charge in [-0.25, -0.2) is 4.79 Å². The molecule has 1 aliphatic carbocycles. The van der Waals surface area contributed by atoms with Crippen LogP contribution >= 0.6 is 0 Å². The van der Waals surface area contributed by atoms with Crippen molar-refractivity contribution in [2.75, 3.05) is 13.1 Å². The highest BCUT2D eigenvalue weighted by Crippen LogP contribution is 2.39. The van der Waals surface area contributed by atoms with Crippen molar-refractivity contribution in [2.24, 2.45) is 0 Å². The van der Waals surface area contributed by atoms with Crippen LogP contribution in [0.1, 0.15) is 72.3 Å². The van der Waals surface area contributed by atoms with Crippen molar-refractivity contribution in [1.29, 1.82) is 0 Å². The third kappa shape index (κ3) is 8.99. The molecule has 4 aromatic carbocycles. The van der Waals surface area contributed by atoms with Gasteiger partial charge >= 0.3 is 6.03 Å². The van der Waals surface area contributed by atoms with Crippen molar-refractivity contribution in [1.82, 2.24) is 15.5 Å². The molecule has 3 N–H and O–H groups in total. The van der Waals surface area contributed by atoms with Gasteiger partial charge in [-0.15, -0.1) is 6.58 Å². The van der Waals surface area contributed by atoms with Gasteiger partial charge in [0.2, 0.25) is 0 Å². The molecule has 0 aromatic heterocycles. The number of hydrogen-bond acceptors (Lipinski definition) is 5. The van der Waals surface area contributed by atoms with Crippen molar-refractivity contribution in [3.8, 4) is 11.1 Å². The first kappa shape index (κ1) is 33.6. The highest BCUT2D eigenvalue weighted by molar-refractivity contribution is 5.74. The van der Waals surface area contributed by atoms with Gasteiger partial charge in [-0.3, -0.25) is 4.90 Å². The Hall–Kier alpha value is -4.27. The normalized spacial score (nSPS) is 19.7. The van der Waals surface area contributed by atoms with E-state index in [2.05, 4.69) is 70.6 Å². The van der Waals surface area contributed by atoms with Crippen LogP contribution in [-0.4, -0.2) is 41.3 Å². The van der Waals surface area contributed by atoms with Gasteiger partial charge in [0.05, 0.1) is 18.8 Å². The molecule has 4 aromatic rings. The summed E-state index contributed by atoms with van der Waals surface area (Å²) in [6, 6.07) is 34.9. The zero-order valence-corrected chi connectivity index (χ0v) is 27.6. The molecule has 1 heterocycles. The largest absolute Gasteiger partial charge is 0.392 e. The SMILES string of the molecule is C=CCN(CC1CC(c2ccc(CO)cc2)OC(c2cccc(-c3cccc(CNC(=O)NCc4ccccc4)c3)c2)O1)C1CCCC1. The van der Waals surface area contributed by atoms with E-state index >= 15 is 0 Å². The smallest absolute Gasteiger partial charge is 0.315 e. The first-order valence-corrected chi connectivity index (χ1v) is 17.2. The van der Waals surface area contributed by atoms with Crippen LogP contribution in [0.25, 0.3) is 11.1 Å². The Balaban J connectivity index is 1.16. The molecule has 48 heavy (non-hydrogen) atoms. The second-order valence-corrected chi connectivity index (χ2v) is 12.9. The van der Waals surface area contributed by atoms with Crippen LogP contribution in [0, 0.1) is 0 Å². The molecule has 250 valence electrons. The van der Waals surface area contributed by atoms with E-state index in [-0.39, 0.29) is 24.8 Å². The third-order valence-corrected chi connectivity index (χ3v) is 9.43. The number of amides is 2. The van der Waals surface area contributed by atoms with Gasteiger partial charge < -0.3 is 25.2 Å². The fourth-order valence-corrected chi connectivity index (χ4v) is 6.85. The maximum absolute atomic E-state index is 12.5. The molecule has 1 aliphatic heterocycles. The first-order chi connectivity index (χ1) is 23.6. The second kappa shape index (κ2) is 16.7. The average molecular weight is 646 g/mol. The molecule has 1 saturated carbocycles. The molecule has 0 bridgehead atoms. The molecule has 7 nitrogen and oxygen atoms in total. The van der Waals surface area contributed by atoms with Crippen LogP contribution in [0.4, 0.5) is 4.79 Å². The van der Waals surface area contributed by atoms with Crippen molar-refractivity contribution in [2.45, 2.75) is 76.3 Å². The lowest BCUT2D eigenvalue weighted by atomic mass is 9.98. The number of nitrogens with zero attached hydrogens (tertiary/aromatic N) is 1. The van der Waals surface area contributed by atoms with Gasteiger partial charge in [-0.05, 0) is 58.4 Å². The molecule has 7 heteroatoms. The molecular weight excluding hydrogens is 598 g/mol. The van der Waals surface area contributed by atoms with Gasteiger partial charge in [-0.2, -0.15) is 0 Å². The van der Waals surface area contributed by atoms with Crippen LogP contribution in [0.15, 0.2) is 116 Å². The second-order valence-electron chi connectivity index (χ2n) is 12.9. The van der Waals surface area contributed by atoms with E-state index in [0.29, 0.717) is 19.1 Å². The quantitative estimate of drug-likeness (QED) is 0.129. The third-order valence-electron chi connectivity index (χ3n) is 9.43. The summed E-state index contributed by atoms with van der Waals surface area (Å²) in [5.74, 6) is 0. The topological polar surface area (TPSA) is 83.1 Å². The molecule has 1 saturated heterocycles. The summed E-state index contributed by atoms with van der Waals surface area (Å²) < 4.78 is 13.4. The monoisotopic (exact) mass is 645 g/mol. The zero-order chi connectivity index (χ0) is 33.1. The fourth-order valence-electron chi connectivity index (χ4n) is 6.85. The van der Waals surface area contributed by atoms with E-state index in [1.807, 2.05) is 60.7 Å². The number of rotatable bonds is 13. The lowest BCUT2D eigenvalue weighted by Gasteiger charge is -2.39. The molecule has 2 fully saturated rings. The Bertz CT molecular complexity index is 1620. The van der Waals surface area contributed by atoms with Crippen molar-refractivity contribution in [3.63, 3.8) is 0 Å². The minimum atomic E-state index is -0.529. The summed E-state index contributed by atoms with van der Waals surface area (Å²) >= 11 is 0. The van der Waals surface area contributed by atoms with E-state index in [9.17, 15) is 9.90 Å². The van der Waals surface area contributed by atoms with Crippen molar-refractivity contribution >= 4 is 6.03 Å². The number of urea groups is 1. The average Bonchev–Trinajstić information content (AvgIpc) is 3.69. The fraction of sp³-hybridized carbons (Fsp3) is 0.341. The molecule has 2 amide bonds. The number of aliphatic hydroxyl groups is 1. The van der Waals surface area contributed by atoms with Gasteiger partial charge in [0.15, 0.2) is 6.29 Å². The molecule has 0 radical (unpaired) electrons. The molecule has 0 spiro atoms. The molecule has 3 unspecified atom stereocenters. The van der Waals surface area contributed by atoms with Crippen LogP contribution in [-0.2, 0) is 29.2 Å². The number of nitrogens with one attached hydrogen (secondary N) is 2. The summed E-state index contributed by atoms with van der Waals surface area (Å²) in [6.07, 6.45) is 7.08. The Kier molecular flexibility index (Phi) is 11.7. The zero-order valence-electron chi connectivity index (χ0n) is 27.6. The summed E-state index contributed by atoms with van der Waals surface area (Å²) in [4.78, 5) is 15.0. The lowest BCUT2D eigenvalue weighted by molar-refractivity contribution is -0.253. The van der Waals surface area contributed by atoms with Crippen LogP contribution < -0.4 is 10.6 Å². The van der Waals surface area contributed by atoms with Gasteiger partial charge in [-0.1, -0.05) is 110 Å². The number of carbonyl (C=O) groups excluding carboxylic acids is 1.